The van der Waals surface area contributed by atoms with Gasteiger partial charge in [-0.15, -0.1) is 0 Å². The second-order valence-electron chi connectivity index (χ2n) is 14.9. The summed E-state index contributed by atoms with van der Waals surface area (Å²) in [4.78, 5) is 22.5. The third-order valence-electron chi connectivity index (χ3n) is 9.57. The van der Waals surface area contributed by atoms with E-state index in [1.165, 1.54) is 116 Å². The molecule has 0 radical (unpaired) electrons. The number of phosphoric ester groups is 1. The lowest BCUT2D eigenvalue weighted by Crippen LogP contribution is -2.28. The number of unbranched alkanes of at least 4 members (excludes halogenated alkanes) is 24. The molecule has 0 aromatic carbocycles. The standard InChI is InChI=1S/C45H86NO7P/c1-3-5-7-9-11-13-15-17-19-20-21-22-23-25-27-29-31-33-35-37-40-50-42-44(43-52-54(48,49)51-41-39-46)53-45(47)38-36-34-32-30-28-26-24-18-16-14-12-10-8-6-4-2/h6,8,12,14,18,24,44H,3-5,7,9-11,13,15-17,19-23,25-43,46H2,1-2H3,(H,48,49)/b8-6-,14-12-,24-18-. The second-order valence-corrected chi connectivity index (χ2v) is 16.3. The van der Waals surface area contributed by atoms with Gasteiger partial charge in [-0.2, -0.15) is 0 Å². The number of carbonyl (C=O) groups excluding carboxylic acids is 1. The van der Waals surface area contributed by atoms with Gasteiger partial charge in [0.2, 0.25) is 0 Å². The summed E-state index contributed by atoms with van der Waals surface area (Å²) in [6.45, 7) is 4.82. The van der Waals surface area contributed by atoms with Gasteiger partial charge in [0.1, 0.15) is 6.10 Å². The van der Waals surface area contributed by atoms with Gasteiger partial charge in [0.05, 0.1) is 19.8 Å². The highest BCUT2D eigenvalue weighted by Gasteiger charge is 2.25. The van der Waals surface area contributed by atoms with E-state index in [2.05, 4.69) is 50.3 Å². The van der Waals surface area contributed by atoms with Crippen LogP contribution in [0, 0.1) is 0 Å². The van der Waals surface area contributed by atoms with Crippen molar-refractivity contribution in [2.75, 3.05) is 33.0 Å². The van der Waals surface area contributed by atoms with E-state index in [1.807, 2.05) is 0 Å². The molecule has 3 N–H and O–H groups in total. The minimum Gasteiger partial charge on any atom is -0.457 e. The molecular weight excluding hydrogens is 697 g/mol. The van der Waals surface area contributed by atoms with Gasteiger partial charge in [-0.1, -0.05) is 192 Å². The van der Waals surface area contributed by atoms with Crippen molar-refractivity contribution in [2.24, 2.45) is 5.73 Å². The second kappa shape index (κ2) is 42.9. The maximum absolute atomic E-state index is 12.6. The zero-order valence-electron chi connectivity index (χ0n) is 35.2. The fraction of sp³-hybridized carbons (Fsp3) is 0.844. The number of phosphoric acid groups is 1. The fourth-order valence-corrected chi connectivity index (χ4v) is 7.07. The first-order valence-electron chi connectivity index (χ1n) is 22.5. The molecule has 0 aliphatic rings. The van der Waals surface area contributed by atoms with Gasteiger partial charge in [-0.05, 0) is 44.9 Å². The minimum atomic E-state index is -4.28. The summed E-state index contributed by atoms with van der Waals surface area (Å²) in [6, 6.07) is 0. The predicted octanol–water partition coefficient (Wildman–Crippen LogP) is 13.4. The monoisotopic (exact) mass is 784 g/mol. The van der Waals surface area contributed by atoms with Crippen LogP contribution in [0.15, 0.2) is 36.5 Å². The Hall–Kier alpha value is -1.28. The number of ether oxygens (including phenoxy) is 2. The first-order valence-corrected chi connectivity index (χ1v) is 24.0. The normalized spacial score (nSPS) is 13.8. The Kier molecular flexibility index (Phi) is 41.8. The van der Waals surface area contributed by atoms with Crippen LogP contribution in [0.4, 0.5) is 0 Å². The van der Waals surface area contributed by atoms with Crippen molar-refractivity contribution in [3.8, 4) is 0 Å². The third-order valence-corrected chi connectivity index (χ3v) is 10.6. The number of carbonyl (C=O) groups is 1. The summed E-state index contributed by atoms with van der Waals surface area (Å²) < 4.78 is 33.4. The highest BCUT2D eigenvalue weighted by molar-refractivity contribution is 7.47. The Bertz CT molecular complexity index is 926. The van der Waals surface area contributed by atoms with Crippen LogP contribution in [0.2, 0.25) is 0 Å². The number of esters is 1. The van der Waals surface area contributed by atoms with Gasteiger partial charge >= 0.3 is 13.8 Å². The van der Waals surface area contributed by atoms with Crippen molar-refractivity contribution < 1.29 is 32.8 Å². The molecule has 0 aromatic rings. The summed E-state index contributed by atoms with van der Waals surface area (Å²) in [5.74, 6) is -0.345. The first-order chi connectivity index (χ1) is 26.4. The molecular formula is C45H86NO7P. The molecule has 0 saturated carbocycles. The van der Waals surface area contributed by atoms with Crippen molar-refractivity contribution >= 4 is 13.8 Å². The van der Waals surface area contributed by atoms with Gasteiger partial charge in [-0.25, -0.2) is 4.57 Å². The van der Waals surface area contributed by atoms with Crippen LogP contribution < -0.4 is 5.73 Å². The summed E-state index contributed by atoms with van der Waals surface area (Å²) in [5.41, 5.74) is 5.37. The maximum atomic E-state index is 12.6. The van der Waals surface area contributed by atoms with Gasteiger partial charge < -0.3 is 20.1 Å². The van der Waals surface area contributed by atoms with Crippen molar-refractivity contribution in [1.82, 2.24) is 0 Å². The summed E-state index contributed by atoms with van der Waals surface area (Å²) in [5, 5.41) is 0. The molecule has 318 valence electrons. The molecule has 8 nitrogen and oxygen atoms in total. The molecule has 0 rings (SSSR count). The number of hydrogen-bond acceptors (Lipinski definition) is 7. The molecule has 0 aromatic heterocycles. The van der Waals surface area contributed by atoms with E-state index in [4.69, 9.17) is 24.3 Å². The van der Waals surface area contributed by atoms with E-state index < -0.39 is 13.9 Å². The fourth-order valence-electron chi connectivity index (χ4n) is 6.31. The number of hydrogen-bond donors (Lipinski definition) is 2. The van der Waals surface area contributed by atoms with Crippen LogP contribution >= 0.6 is 7.82 Å². The number of nitrogens with two attached hydrogens (primary N) is 1. The third kappa shape index (κ3) is 41.9. The van der Waals surface area contributed by atoms with E-state index in [-0.39, 0.29) is 32.3 Å². The maximum Gasteiger partial charge on any atom is 0.472 e. The van der Waals surface area contributed by atoms with Crippen LogP contribution in [0.3, 0.4) is 0 Å². The summed E-state index contributed by atoms with van der Waals surface area (Å²) in [7, 11) is -4.28. The van der Waals surface area contributed by atoms with Crippen molar-refractivity contribution in [3.05, 3.63) is 36.5 Å². The Labute approximate surface area is 333 Å². The minimum absolute atomic E-state index is 0.0979. The first kappa shape index (κ1) is 52.7. The number of rotatable bonds is 43. The topological polar surface area (TPSA) is 117 Å². The SMILES string of the molecule is CC/C=C\C/C=C\C/C=C\CCCCCCCC(=O)OC(COCCCCCCCCCCCCCCCCCCCCCC)COP(=O)(O)OCCN. The lowest BCUT2D eigenvalue weighted by Gasteiger charge is -2.20. The largest absolute Gasteiger partial charge is 0.472 e. The lowest BCUT2D eigenvalue weighted by molar-refractivity contribution is -0.154. The zero-order valence-corrected chi connectivity index (χ0v) is 36.1. The molecule has 0 aliphatic carbocycles. The molecule has 0 amide bonds. The van der Waals surface area contributed by atoms with Crippen molar-refractivity contribution in [3.63, 3.8) is 0 Å². The highest BCUT2D eigenvalue weighted by atomic mass is 31.2. The van der Waals surface area contributed by atoms with Crippen LogP contribution in [0.1, 0.15) is 206 Å². The van der Waals surface area contributed by atoms with E-state index in [0.29, 0.717) is 13.0 Å². The quantitative estimate of drug-likeness (QED) is 0.0272. The van der Waals surface area contributed by atoms with E-state index in [0.717, 1.165) is 70.6 Å². The van der Waals surface area contributed by atoms with Gasteiger partial charge in [0, 0.05) is 19.6 Å². The van der Waals surface area contributed by atoms with Gasteiger partial charge in [0.25, 0.3) is 0 Å². The molecule has 0 heterocycles. The zero-order chi connectivity index (χ0) is 39.5. The molecule has 2 atom stereocenters. The van der Waals surface area contributed by atoms with Crippen molar-refractivity contribution in [1.29, 1.82) is 0 Å². The van der Waals surface area contributed by atoms with Crippen LogP contribution in [0.25, 0.3) is 0 Å². The average molecular weight is 784 g/mol. The molecule has 54 heavy (non-hydrogen) atoms. The Morgan fingerprint density at radius 1 is 0.574 bits per heavy atom. The van der Waals surface area contributed by atoms with Crippen LogP contribution in [-0.4, -0.2) is 49.9 Å². The molecule has 9 heteroatoms. The Morgan fingerprint density at radius 3 is 1.56 bits per heavy atom. The highest BCUT2D eigenvalue weighted by Crippen LogP contribution is 2.43. The molecule has 2 unspecified atom stereocenters. The molecule has 0 spiro atoms. The number of allylic oxidation sites excluding steroid dienone is 6. The lowest BCUT2D eigenvalue weighted by atomic mass is 10.0. The molecule has 0 bridgehead atoms. The van der Waals surface area contributed by atoms with E-state index in [9.17, 15) is 14.3 Å². The van der Waals surface area contributed by atoms with E-state index in [1.54, 1.807) is 0 Å². The Balaban J connectivity index is 3.98. The molecule has 0 saturated heterocycles. The summed E-state index contributed by atoms with van der Waals surface area (Å²) >= 11 is 0. The smallest absolute Gasteiger partial charge is 0.457 e. The van der Waals surface area contributed by atoms with Crippen LogP contribution in [-0.2, 0) is 27.9 Å². The average Bonchev–Trinajstić information content (AvgIpc) is 3.16. The van der Waals surface area contributed by atoms with Gasteiger partial charge in [0.15, 0.2) is 0 Å². The van der Waals surface area contributed by atoms with Gasteiger partial charge in [-0.3, -0.25) is 13.8 Å². The molecule has 0 fully saturated rings. The van der Waals surface area contributed by atoms with Crippen molar-refractivity contribution in [2.45, 2.75) is 213 Å². The predicted molar refractivity (Wildman–Crippen MR) is 229 cm³/mol. The Morgan fingerprint density at radius 2 is 1.04 bits per heavy atom. The summed E-state index contributed by atoms with van der Waals surface area (Å²) in [6.07, 6.45) is 48.8. The van der Waals surface area contributed by atoms with Crippen LogP contribution in [0.5, 0.6) is 0 Å². The molecule has 0 aliphatic heterocycles. The van der Waals surface area contributed by atoms with E-state index >= 15 is 0 Å².